The first-order valence-electron chi connectivity index (χ1n) is 10.6. The molecule has 3 rings (SSSR count). The van der Waals surface area contributed by atoms with Crippen LogP contribution in [0.3, 0.4) is 0 Å². The number of rotatable bonds is 8. The minimum Gasteiger partial charge on any atom is -0.391 e. The van der Waals surface area contributed by atoms with E-state index in [2.05, 4.69) is 32.5 Å². The van der Waals surface area contributed by atoms with Gasteiger partial charge in [0, 0.05) is 32.8 Å². The van der Waals surface area contributed by atoms with Crippen LogP contribution in [0.2, 0.25) is 0 Å². The van der Waals surface area contributed by atoms with Crippen molar-refractivity contribution in [2.75, 3.05) is 30.7 Å². The second-order valence-corrected chi connectivity index (χ2v) is 8.41. The number of nitrogens with one attached hydrogen (secondary N) is 2. The van der Waals surface area contributed by atoms with Gasteiger partial charge in [-0.1, -0.05) is 19.8 Å². The van der Waals surface area contributed by atoms with Crippen molar-refractivity contribution in [3.05, 3.63) is 17.8 Å². The van der Waals surface area contributed by atoms with Gasteiger partial charge in [0.2, 0.25) is 11.9 Å². The first kappa shape index (κ1) is 22.7. The Morgan fingerprint density at radius 2 is 2.16 bits per heavy atom. The number of aliphatic hydroxyl groups is 1. The summed E-state index contributed by atoms with van der Waals surface area (Å²) in [5, 5.41) is 16.0. The second-order valence-electron chi connectivity index (χ2n) is 8.41. The Morgan fingerprint density at radius 1 is 1.39 bits per heavy atom. The van der Waals surface area contributed by atoms with Crippen molar-refractivity contribution < 1.29 is 14.7 Å². The van der Waals surface area contributed by atoms with Gasteiger partial charge in [0.1, 0.15) is 5.52 Å². The van der Waals surface area contributed by atoms with Crippen LogP contribution >= 0.6 is 0 Å². The number of unbranched alkanes of at least 4 members (excludes halogenated alkanes) is 1. The Hall–Kier alpha value is -3.01. The number of fused-ring (bicyclic) bond motifs is 1. The molecule has 1 aliphatic rings. The van der Waals surface area contributed by atoms with E-state index < -0.39 is 11.6 Å². The predicted molar refractivity (Wildman–Crippen MR) is 119 cm³/mol. The van der Waals surface area contributed by atoms with E-state index in [1.54, 1.807) is 11.0 Å². The highest BCUT2D eigenvalue weighted by Gasteiger charge is 2.28. The van der Waals surface area contributed by atoms with Gasteiger partial charge in [-0.05, 0) is 25.8 Å². The van der Waals surface area contributed by atoms with Crippen LogP contribution in [0.1, 0.15) is 56.8 Å². The number of anilines is 2. The molecule has 0 unspecified atom stereocenters. The third-order valence-electron chi connectivity index (χ3n) is 5.48. The van der Waals surface area contributed by atoms with Gasteiger partial charge in [-0.2, -0.15) is 4.98 Å². The summed E-state index contributed by atoms with van der Waals surface area (Å²) < 4.78 is 0. The van der Waals surface area contributed by atoms with Crippen molar-refractivity contribution >= 4 is 34.6 Å². The number of hydrogen-bond acceptors (Lipinski definition) is 8. The summed E-state index contributed by atoms with van der Waals surface area (Å²) in [6.45, 7) is 6.85. The number of likely N-dealkylation sites (tertiary alicyclic amines) is 1. The molecule has 0 aromatic carbocycles. The number of nitrogen functional groups attached to an aromatic ring is 1. The summed E-state index contributed by atoms with van der Waals surface area (Å²) in [5.74, 6) is 0.221. The van der Waals surface area contributed by atoms with Gasteiger partial charge in [0.25, 0.3) is 5.91 Å². The van der Waals surface area contributed by atoms with Crippen LogP contribution in [0, 0.1) is 0 Å². The molecular weight excluding hydrogens is 398 g/mol. The molecule has 0 radical (unpaired) electrons. The normalized spacial score (nSPS) is 18.1. The zero-order valence-electron chi connectivity index (χ0n) is 18.3. The zero-order valence-corrected chi connectivity index (χ0v) is 18.3. The van der Waals surface area contributed by atoms with Crippen LogP contribution < -0.4 is 16.4 Å². The molecule has 1 fully saturated rings. The number of aliphatic hydroxyl groups excluding tert-OH is 1. The van der Waals surface area contributed by atoms with Gasteiger partial charge in [-0.15, -0.1) is 0 Å². The van der Waals surface area contributed by atoms with Crippen LogP contribution in [0.15, 0.2) is 12.3 Å². The van der Waals surface area contributed by atoms with Crippen molar-refractivity contribution in [3.8, 4) is 0 Å². The largest absolute Gasteiger partial charge is 0.391 e. The standard InChI is InChI=1S/C21H31N7O3/c1-4-5-7-21(3,12-24-13(2)29)27-18-17-16(25-20(22)26-18)9-14(10-23-17)19(31)28-8-6-15(30)11-28/h9-10,15,30H,4-8,11-12H2,1-3H3,(H,24,29)(H3,22,25,26,27)/t15-,21+/m0/s1. The number of nitrogens with zero attached hydrogens (tertiary/aromatic N) is 4. The molecule has 31 heavy (non-hydrogen) atoms. The molecule has 2 amide bonds. The molecular formula is C21H31N7O3. The smallest absolute Gasteiger partial charge is 0.255 e. The number of hydrogen-bond donors (Lipinski definition) is 4. The SMILES string of the molecule is CCCC[C@](C)(CNC(C)=O)Nc1nc(N)nc2cc(C(=O)N3CC[C@H](O)C3)cnc12. The summed E-state index contributed by atoms with van der Waals surface area (Å²) in [4.78, 5) is 38.9. The Bertz CT molecular complexity index is 967. The van der Waals surface area contributed by atoms with Gasteiger partial charge in [0.05, 0.1) is 22.7 Å². The van der Waals surface area contributed by atoms with Crippen molar-refractivity contribution in [2.24, 2.45) is 0 Å². The maximum absolute atomic E-state index is 12.7. The lowest BCUT2D eigenvalue weighted by Gasteiger charge is -2.32. The van der Waals surface area contributed by atoms with E-state index in [9.17, 15) is 14.7 Å². The molecule has 2 aromatic rings. The second kappa shape index (κ2) is 9.42. The lowest BCUT2D eigenvalue weighted by atomic mass is 9.94. The van der Waals surface area contributed by atoms with E-state index in [0.717, 1.165) is 19.3 Å². The summed E-state index contributed by atoms with van der Waals surface area (Å²) in [5.41, 5.74) is 6.82. The number of β-amino-alcohol motifs (C(OH)–C–C–N with tert-alkyl or cyclic N) is 1. The molecule has 1 saturated heterocycles. The van der Waals surface area contributed by atoms with E-state index >= 15 is 0 Å². The molecule has 3 heterocycles. The number of carbonyl (C=O) groups excluding carboxylic acids is 2. The number of amides is 2. The average Bonchev–Trinajstić information content (AvgIpc) is 3.16. The average molecular weight is 430 g/mol. The molecule has 0 aliphatic carbocycles. The lowest BCUT2D eigenvalue weighted by molar-refractivity contribution is -0.119. The molecule has 2 aromatic heterocycles. The minimum absolute atomic E-state index is 0.0652. The van der Waals surface area contributed by atoms with Gasteiger partial charge in [0.15, 0.2) is 5.82 Å². The van der Waals surface area contributed by atoms with Gasteiger partial charge in [-0.25, -0.2) is 9.97 Å². The van der Waals surface area contributed by atoms with Crippen molar-refractivity contribution in [2.45, 2.75) is 58.1 Å². The lowest BCUT2D eigenvalue weighted by Crippen LogP contribution is -2.46. The Balaban J connectivity index is 1.91. The van der Waals surface area contributed by atoms with Crippen LogP contribution in [0.4, 0.5) is 11.8 Å². The van der Waals surface area contributed by atoms with Crippen molar-refractivity contribution in [3.63, 3.8) is 0 Å². The zero-order chi connectivity index (χ0) is 22.6. The monoisotopic (exact) mass is 429 g/mol. The molecule has 10 heteroatoms. The maximum atomic E-state index is 12.7. The fourth-order valence-electron chi connectivity index (χ4n) is 3.72. The molecule has 10 nitrogen and oxygen atoms in total. The predicted octanol–water partition coefficient (Wildman–Crippen LogP) is 1.31. The highest BCUT2D eigenvalue weighted by molar-refractivity contribution is 5.98. The molecule has 5 N–H and O–H groups in total. The van der Waals surface area contributed by atoms with E-state index in [1.807, 2.05) is 6.92 Å². The molecule has 0 saturated carbocycles. The molecule has 1 aliphatic heterocycles. The van der Waals surface area contributed by atoms with Crippen LogP contribution in [-0.2, 0) is 4.79 Å². The summed E-state index contributed by atoms with van der Waals surface area (Å²) in [6.07, 6.45) is 4.37. The van der Waals surface area contributed by atoms with E-state index in [0.29, 0.717) is 48.5 Å². The number of carbonyl (C=O) groups is 2. The van der Waals surface area contributed by atoms with Gasteiger partial charge >= 0.3 is 0 Å². The molecule has 2 atom stereocenters. The third kappa shape index (κ3) is 5.57. The van der Waals surface area contributed by atoms with Crippen LogP contribution in [0.5, 0.6) is 0 Å². The van der Waals surface area contributed by atoms with Gasteiger partial charge < -0.3 is 26.4 Å². The van der Waals surface area contributed by atoms with Crippen LogP contribution in [-0.4, -0.2) is 68.0 Å². The molecule has 168 valence electrons. The van der Waals surface area contributed by atoms with Gasteiger partial charge in [-0.3, -0.25) is 9.59 Å². The van der Waals surface area contributed by atoms with Crippen molar-refractivity contribution in [1.29, 1.82) is 0 Å². The Labute approximate surface area is 181 Å². The Kier molecular flexibility index (Phi) is 6.89. The first-order valence-corrected chi connectivity index (χ1v) is 10.6. The first-order chi connectivity index (χ1) is 14.7. The molecule has 0 spiro atoms. The number of nitrogens with two attached hydrogens (primary N) is 1. The third-order valence-corrected chi connectivity index (χ3v) is 5.48. The number of aromatic nitrogens is 3. The number of pyridine rings is 1. The minimum atomic E-state index is -0.490. The summed E-state index contributed by atoms with van der Waals surface area (Å²) in [6, 6.07) is 1.65. The quantitative estimate of drug-likeness (QED) is 0.491. The Morgan fingerprint density at radius 3 is 2.81 bits per heavy atom. The molecule has 0 bridgehead atoms. The fourth-order valence-corrected chi connectivity index (χ4v) is 3.72. The van der Waals surface area contributed by atoms with Crippen LogP contribution in [0.25, 0.3) is 11.0 Å². The highest BCUT2D eigenvalue weighted by atomic mass is 16.3. The van der Waals surface area contributed by atoms with Crippen molar-refractivity contribution in [1.82, 2.24) is 25.2 Å². The topological polar surface area (TPSA) is 146 Å². The van der Waals surface area contributed by atoms with E-state index in [1.165, 1.54) is 13.1 Å². The highest BCUT2D eigenvalue weighted by Crippen LogP contribution is 2.26. The summed E-state index contributed by atoms with van der Waals surface area (Å²) in [7, 11) is 0. The van der Waals surface area contributed by atoms with E-state index in [-0.39, 0.29) is 17.8 Å². The fraction of sp³-hybridized carbons (Fsp3) is 0.571. The van der Waals surface area contributed by atoms with E-state index in [4.69, 9.17) is 5.73 Å². The summed E-state index contributed by atoms with van der Waals surface area (Å²) >= 11 is 0. The maximum Gasteiger partial charge on any atom is 0.255 e.